The molecule has 2 aromatic carbocycles. The average molecular weight is 360 g/mol. The summed E-state index contributed by atoms with van der Waals surface area (Å²) in [5, 5.41) is 8.57. The number of aliphatic carboxylic acids is 1. The van der Waals surface area contributed by atoms with Gasteiger partial charge in [0.15, 0.2) is 11.6 Å². The number of carboxylic acids is 1. The highest BCUT2D eigenvalue weighted by atomic mass is 19.1. The van der Waals surface area contributed by atoms with Gasteiger partial charge in [-0.15, -0.1) is 0 Å². The van der Waals surface area contributed by atoms with Gasteiger partial charge in [0.05, 0.1) is 12.2 Å². The molecular formula is C19H17FO6. The Morgan fingerprint density at radius 2 is 1.85 bits per heavy atom. The third-order valence-electron chi connectivity index (χ3n) is 3.22. The fourth-order valence-corrected chi connectivity index (χ4v) is 1.96. The van der Waals surface area contributed by atoms with Gasteiger partial charge in [-0.25, -0.2) is 14.0 Å². The summed E-state index contributed by atoms with van der Waals surface area (Å²) in [5.74, 6) is -2.18. The van der Waals surface area contributed by atoms with Crippen molar-refractivity contribution >= 4 is 18.0 Å². The van der Waals surface area contributed by atoms with Crippen LogP contribution in [0.2, 0.25) is 0 Å². The summed E-state index contributed by atoms with van der Waals surface area (Å²) in [6.45, 7) is 0.515. The highest BCUT2D eigenvalue weighted by molar-refractivity contribution is 5.91. The van der Waals surface area contributed by atoms with E-state index in [4.69, 9.17) is 19.3 Å². The second kappa shape index (κ2) is 9.33. The summed E-state index contributed by atoms with van der Waals surface area (Å²) in [6, 6.07) is 9.99. The van der Waals surface area contributed by atoms with Gasteiger partial charge >= 0.3 is 11.9 Å². The smallest absolute Gasteiger partial charge is 0.343 e. The summed E-state index contributed by atoms with van der Waals surface area (Å²) in [6.07, 6.45) is 2.41. The Labute approximate surface area is 149 Å². The lowest BCUT2D eigenvalue weighted by atomic mass is 10.2. The molecule has 0 aliphatic carbocycles. The first kappa shape index (κ1) is 19.1. The maximum atomic E-state index is 14.0. The van der Waals surface area contributed by atoms with Crippen molar-refractivity contribution in [3.05, 3.63) is 65.5 Å². The molecule has 0 saturated heterocycles. The van der Waals surface area contributed by atoms with Crippen LogP contribution in [-0.4, -0.2) is 37.4 Å². The minimum absolute atomic E-state index is 0.0215. The number of rotatable bonds is 8. The van der Waals surface area contributed by atoms with Crippen molar-refractivity contribution in [1.82, 2.24) is 0 Å². The summed E-state index contributed by atoms with van der Waals surface area (Å²) >= 11 is 0. The fraction of sp³-hybridized carbons (Fsp3) is 0.158. The topological polar surface area (TPSA) is 82.1 Å². The van der Waals surface area contributed by atoms with E-state index < -0.39 is 17.8 Å². The maximum absolute atomic E-state index is 14.0. The number of methoxy groups -OCH3 is 1. The van der Waals surface area contributed by atoms with Crippen LogP contribution in [0.5, 0.6) is 11.5 Å². The van der Waals surface area contributed by atoms with Gasteiger partial charge in [0.2, 0.25) is 0 Å². The van der Waals surface area contributed by atoms with Crippen LogP contribution < -0.4 is 9.47 Å². The molecule has 0 atom stereocenters. The van der Waals surface area contributed by atoms with E-state index in [1.54, 1.807) is 12.1 Å². The van der Waals surface area contributed by atoms with E-state index in [1.165, 1.54) is 37.5 Å². The first-order valence-corrected chi connectivity index (χ1v) is 7.64. The van der Waals surface area contributed by atoms with Crippen molar-refractivity contribution in [2.75, 3.05) is 20.3 Å². The molecule has 0 radical (unpaired) electrons. The normalized spacial score (nSPS) is 10.7. The quantitative estimate of drug-likeness (QED) is 0.337. The van der Waals surface area contributed by atoms with E-state index in [9.17, 15) is 14.0 Å². The number of ether oxygens (including phenoxy) is 3. The van der Waals surface area contributed by atoms with E-state index in [0.29, 0.717) is 12.2 Å². The van der Waals surface area contributed by atoms with E-state index in [0.717, 1.165) is 12.1 Å². The summed E-state index contributed by atoms with van der Waals surface area (Å²) < 4.78 is 29.1. The van der Waals surface area contributed by atoms with Gasteiger partial charge in [-0.2, -0.15) is 0 Å². The molecule has 0 aliphatic heterocycles. The molecule has 2 rings (SSSR count). The van der Waals surface area contributed by atoms with Crippen molar-refractivity contribution in [1.29, 1.82) is 0 Å². The van der Waals surface area contributed by atoms with Gasteiger partial charge in [0.25, 0.3) is 0 Å². The van der Waals surface area contributed by atoms with Gasteiger partial charge in [-0.3, -0.25) is 0 Å². The van der Waals surface area contributed by atoms with Gasteiger partial charge in [0, 0.05) is 13.2 Å². The van der Waals surface area contributed by atoms with Crippen LogP contribution in [0.3, 0.4) is 0 Å². The van der Waals surface area contributed by atoms with Crippen molar-refractivity contribution in [2.24, 2.45) is 0 Å². The minimum Gasteiger partial charge on any atom is -0.488 e. The van der Waals surface area contributed by atoms with Crippen LogP contribution >= 0.6 is 0 Å². The zero-order valence-corrected chi connectivity index (χ0v) is 14.0. The second-order valence-corrected chi connectivity index (χ2v) is 5.12. The molecule has 0 aromatic heterocycles. The first-order valence-electron chi connectivity index (χ1n) is 7.64. The zero-order valence-electron chi connectivity index (χ0n) is 14.0. The molecule has 0 bridgehead atoms. The molecule has 26 heavy (non-hydrogen) atoms. The van der Waals surface area contributed by atoms with Crippen LogP contribution in [0.1, 0.15) is 15.9 Å². The van der Waals surface area contributed by atoms with Crippen molar-refractivity contribution in [3.63, 3.8) is 0 Å². The second-order valence-electron chi connectivity index (χ2n) is 5.12. The van der Waals surface area contributed by atoms with Gasteiger partial charge in [-0.05, 0) is 42.0 Å². The molecule has 0 fully saturated rings. The lowest BCUT2D eigenvalue weighted by Gasteiger charge is -2.08. The number of halogens is 1. The Balaban J connectivity index is 2.00. The predicted molar refractivity (Wildman–Crippen MR) is 91.8 cm³/mol. The van der Waals surface area contributed by atoms with Crippen LogP contribution in [0.4, 0.5) is 4.39 Å². The Morgan fingerprint density at radius 3 is 2.46 bits per heavy atom. The zero-order chi connectivity index (χ0) is 18.9. The Morgan fingerprint density at radius 1 is 1.12 bits per heavy atom. The molecule has 1 N–H and O–H groups in total. The van der Waals surface area contributed by atoms with E-state index in [1.807, 2.05) is 0 Å². The first-order chi connectivity index (χ1) is 12.5. The van der Waals surface area contributed by atoms with Crippen molar-refractivity contribution < 1.29 is 33.3 Å². The third kappa shape index (κ3) is 5.71. The number of hydrogen-bond donors (Lipinski definition) is 1. The number of esters is 1. The largest absolute Gasteiger partial charge is 0.488 e. The fourth-order valence-electron chi connectivity index (χ4n) is 1.96. The molecule has 7 heteroatoms. The van der Waals surface area contributed by atoms with Gasteiger partial charge < -0.3 is 19.3 Å². The molecule has 136 valence electrons. The highest BCUT2D eigenvalue weighted by Crippen LogP contribution is 2.20. The number of carbonyl (C=O) groups excluding carboxylic acids is 1. The highest BCUT2D eigenvalue weighted by Gasteiger charge is 2.13. The Hall–Kier alpha value is -3.19. The van der Waals surface area contributed by atoms with E-state index >= 15 is 0 Å². The predicted octanol–water partition coefficient (Wildman–Crippen LogP) is 3.17. The standard InChI is InChI=1S/C19H17FO6/c1-24-10-11-25-17-8-5-14(12-16(17)20)19(23)26-15-6-2-13(3-7-15)4-9-18(21)22/h2-9,12H,10-11H2,1H3,(H,21,22)/b9-4+. The molecule has 0 amide bonds. The summed E-state index contributed by atoms with van der Waals surface area (Å²) in [7, 11) is 1.51. The van der Waals surface area contributed by atoms with Crippen molar-refractivity contribution in [3.8, 4) is 11.5 Å². The third-order valence-corrected chi connectivity index (χ3v) is 3.22. The molecule has 2 aromatic rings. The summed E-state index contributed by atoms with van der Waals surface area (Å²) in [5.41, 5.74) is 0.673. The molecule has 0 aliphatic rings. The molecule has 0 spiro atoms. The van der Waals surface area contributed by atoms with Crippen LogP contribution in [0.25, 0.3) is 6.08 Å². The Bertz CT molecular complexity index is 798. The molecule has 0 heterocycles. The number of carboxylic acid groups (broad SMARTS) is 1. The number of hydrogen-bond acceptors (Lipinski definition) is 5. The van der Waals surface area contributed by atoms with Gasteiger partial charge in [-0.1, -0.05) is 12.1 Å². The SMILES string of the molecule is COCCOc1ccc(C(=O)Oc2ccc(/C=C/C(=O)O)cc2)cc1F. The summed E-state index contributed by atoms with van der Waals surface area (Å²) in [4.78, 5) is 22.6. The molecular weight excluding hydrogens is 343 g/mol. The lowest BCUT2D eigenvalue weighted by molar-refractivity contribution is -0.131. The van der Waals surface area contributed by atoms with Crippen LogP contribution in [-0.2, 0) is 9.53 Å². The monoisotopic (exact) mass is 360 g/mol. The van der Waals surface area contributed by atoms with E-state index in [-0.39, 0.29) is 23.7 Å². The molecule has 0 saturated carbocycles. The molecule has 6 nitrogen and oxygen atoms in total. The molecule has 0 unspecified atom stereocenters. The van der Waals surface area contributed by atoms with Crippen molar-refractivity contribution in [2.45, 2.75) is 0 Å². The average Bonchev–Trinajstić information content (AvgIpc) is 2.62. The number of benzene rings is 2. The van der Waals surface area contributed by atoms with Crippen LogP contribution in [0, 0.1) is 5.82 Å². The minimum atomic E-state index is -1.06. The maximum Gasteiger partial charge on any atom is 0.343 e. The van der Waals surface area contributed by atoms with E-state index in [2.05, 4.69) is 0 Å². The van der Waals surface area contributed by atoms with Gasteiger partial charge in [0.1, 0.15) is 12.4 Å². The lowest BCUT2D eigenvalue weighted by Crippen LogP contribution is -2.10. The number of carbonyl (C=O) groups is 2. The Kier molecular flexibility index (Phi) is 6.87. The van der Waals surface area contributed by atoms with Crippen LogP contribution in [0.15, 0.2) is 48.5 Å².